The Hall–Kier alpha value is -2.21. The van der Waals surface area contributed by atoms with Gasteiger partial charge in [-0.15, -0.1) is 0 Å². The first-order valence-corrected chi connectivity index (χ1v) is 6.99. The van der Waals surface area contributed by atoms with Gasteiger partial charge in [0.25, 0.3) is 0 Å². The van der Waals surface area contributed by atoms with Crippen LogP contribution in [0, 0.1) is 4.78 Å². The molecular weight excluding hydrogens is 264 g/mol. The Bertz CT molecular complexity index is 680. The third-order valence-electron chi connectivity index (χ3n) is 2.57. The quantitative estimate of drug-likeness (QED) is 0.872. The number of carbonyl (C=O) groups is 1. The van der Waals surface area contributed by atoms with Crippen LogP contribution in [0.5, 0.6) is 0 Å². The molecule has 0 aliphatic heterocycles. The van der Waals surface area contributed by atoms with Gasteiger partial charge in [-0.05, 0) is 36.4 Å². The number of rotatable bonds is 3. The predicted octanol–water partition coefficient (Wildman–Crippen LogP) is 2.33. The van der Waals surface area contributed by atoms with Crippen molar-refractivity contribution in [3.8, 4) is 0 Å². The molecule has 0 aliphatic rings. The smallest absolute Gasteiger partial charge is 0.337 e. The molecule has 1 unspecified atom stereocenters. The lowest BCUT2D eigenvalue weighted by Gasteiger charge is -2.07. The first-order chi connectivity index (χ1) is 9.05. The van der Waals surface area contributed by atoms with Crippen molar-refractivity contribution in [3.05, 3.63) is 54.4 Å². The van der Waals surface area contributed by atoms with Crippen LogP contribution in [-0.2, 0) is 14.5 Å². The zero-order chi connectivity index (χ0) is 13.9. The van der Waals surface area contributed by atoms with E-state index in [4.69, 9.17) is 4.78 Å². The zero-order valence-electron chi connectivity index (χ0n) is 10.2. The SMILES string of the molecule is COC(=O)c1ccc(S(=N)(=O)c2cccnc2)cc1. The van der Waals surface area contributed by atoms with E-state index in [2.05, 4.69) is 9.72 Å². The van der Waals surface area contributed by atoms with E-state index in [1.54, 1.807) is 18.3 Å². The first-order valence-electron chi connectivity index (χ1n) is 5.43. The summed E-state index contributed by atoms with van der Waals surface area (Å²) in [5.41, 5.74) is 0.354. The number of hydrogen-bond donors (Lipinski definition) is 1. The fraction of sp³-hybridized carbons (Fsp3) is 0.0769. The second-order valence-corrected chi connectivity index (χ2v) is 5.82. The molecule has 0 fully saturated rings. The lowest BCUT2D eigenvalue weighted by atomic mass is 10.2. The van der Waals surface area contributed by atoms with Crippen LogP contribution in [0.4, 0.5) is 0 Å². The predicted molar refractivity (Wildman–Crippen MR) is 69.4 cm³/mol. The molecule has 98 valence electrons. The van der Waals surface area contributed by atoms with E-state index in [-0.39, 0.29) is 0 Å². The summed E-state index contributed by atoms with van der Waals surface area (Å²) in [6.45, 7) is 0. The molecule has 1 aromatic heterocycles. The normalized spacial score (nSPS) is 13.5. The highest BCUT2D eigenvalue weighted by Gasteiger charge is 2.14. The molecule has 0 radical (unpaired) electrons. The fourth-order valence-corrected chi connectivity index (χ4v) is 2.82. The zero-order valence-corrected chi connectivity index (χ0v) is 11.0. The molecule has 1 N–H and O–H groups in total. The molecule has 0 saturated carbocycles. The minimum absolute atomic E-state index is 0.327. The van der Waals surface area contributed by atoms with E-state index in [0.717, 1.165) is 0 Å². The minimum atomic E-state index is -3.10. The molecule has 0 spiro atoms. The Morgan fingerprint density at radius 1 is 1.21 bits per heavy atom. The molecule has 0 bridgehead atoms. The maximum atomic E-state index is 12.5. The lowest BCUT2D eigenvalue weighted by Crippen LogP contribution is -2.03. The highest BCUT2D eigenvalue weighted by atomic mass is 32.2. The number of pyridine rings is 1. The Kier molecular flexibility index (Phi) is 3.62. The summed E-state index contributed by atoms with van der Waals surface area (Å²) in [5, 5.41) is 0. The van der Waals surface area contributed by atoms with Crippen molar-refractivity contribution in [2.45, 2.75) is 9.79 Å². The Balaban J connectivity index is 2.40. The monoisotopic (exact) mass is 276 g/mol. The van der Waals surface area contributed by atoms with Gasteiger partial charge < -0.3 is 4.74 Å². The summed E-state index contributed by atoms with van der Waals surface area (Å²) in [7, 11) is -1.81. The van der Waals surface area contributed by atoms with Gasteiger partial charge in [-0.25, -0.2) is 13.8 Å². The van der Waals surface area contributed by atoms with Crippen LogP contribution in [0.15, 0.2) is 58.6 Å². The molecule has 0 saturated heterocycles. The van der Waals surface area contributed by atoms with Crippen LogP contribution in [-0.4, -0.2) is 22.3 Å². The van der Waals surface area contributed by atoms with Crippen molar-refractivity contribution in [2.24, 2.45) is 0 Å². The van der Waals surface area contributed by atoms with Crippen molar-refractivity contribution in [3.63, 3.8) is 0 Å². The number of hydrogen-bond acceptors (Lipinski definition) is 5. The van der Waals surface area contributed by atoms with Gasteiger partial charge in [0.05, 0.1) is 22.5 Å². The molecule has 0 amide bonds. The van der Waals surface area contributed by atoms with E-state index in [1.165, 1.54) is 37.6 Å². The van der Waals surface area contributed by atoms with Crippen LogP contribution in [0.1, 0.15) is 10.4 Å². The van der Waals surface area contributed by atoms with E-state index in [0.29, 0.717) is 15.4 Å². The van der Waals surface area contributed by atoms with Gasteiger partial charge in [-0.2, -0.15) is 0 Å². The second-order valence-electron chi connectivity index (χ2n) is 3.76. The van der Waals surface area contributed by atoms with Crippen molar-refractivity contribution in [1.82, 2.24) is 4.98 Å². The standard InChI is InChI=1S/C13H12N2O3S/c1-18-13(16)10-4-6-11(7-5-10)19(14,17)12-3-2-8-15-9-12/h2-9,14H,1H3. The molecule has 1 heterocycles. The van der Waals surface area contributed by atoms with Crippen molar-refractivity contribution < 1.29 is 13.7 Å². The summed E-state index contributed by atoms with van der Waals surface area (Å²) in [6.07, 6.45) is 2.96. The molecule has 5 nitrogen and oxygen atoms in total. The van der Waals surface area contributed by atoms with Gasteiger partial charge in [0.2, 0.25) is 0 Å². The van der Waals surface area contributed by atoms with Gasteiger partial charge in [0.15, 0.2) is 0 Å². The molecule has 2 rings (SSSR count). The van der Waals surface area contributed by atoms with Crippen molar-refractivity contribution in [2.75, 3.05) is 7.11 Å². The highest BCUT2D eigenvalue weighted by molar-refractivity contribution is 7.92. The number of benzene rings is 1. The molecule has 0 aliphatic carbocycles. The van der Waals surface area contributed by atoms with Crippen LogP contribution >= 0.6 is 0 Å². The van der Waals surface area contributed by atoms with Crippen molar-refractivity contribution >= 4 is 15.7 Å². The minimum Gasteiger partial charge on any atom is -0.465 e. The summed E-state index contributed by atoms with van der Waals surface area (Å²) < 4.78 is 25.0. The lowest BCUT2D eigenvalue weighted by molar-refractivity contribution is 0.0600. The second kappa shape index (κ2) is 5.19. The number of carbonyl (C=O) groups excluding carboxylic acids is 1. The van der Waals surface area contributed by atoms with Gasteiger partial charge in [-0.3, -0.25) is 4.98 Å². The largest absolute Gasteiger partial charge is 0.465 e. The van der Waals surface area contributed by atoms with E-state index in [1.807, 2.05) is 0 Å². The Morgan fingerprint density at radius 2 is 1.89 bits per heavy atom. The first kappa shape index (κ1) is 13.2. The molecule has 1 atom stereocenters. The molecule has 19 heavy (non-hydrogen) atoms. The highest BCUT2D eigenvalue weighted by Crippen LogP contribution is 2.21. The van der Waals surface area contributed by atoms with Gasteiger partial charge in [-0.1, -0.05) is 0 Å². The maximum Gasteiger partial charge on any atom is 0.337 e. The van der Waals surface area contributed by atoms with Crippen LogP contribution in [0.2, 0.25) is 0 Å². The number of ether oxygens (including phenoxy) is 1. The number of esters is 1. The third-order valence-corrected chi connectivity index (χ3v) is 4.42. The third kappa shape index (κ3) is 2.63. The van der Waals surface area contributed by atoms with E-state index < -0.39 is 15.7 Å². The Labute approximate surface area is 111 Å². The summed E-state index contributed by atoms with van der Waals surface area (Å²) in [6, 6.07) is 9.20. The van der Waals surface area contributed by atoms with Gasteiger partial charge in [0.1, 0.15) is 9.73 Å². The number of nitrogens with zero attached hydrogens (tertiary/aromatic N) is 1. The average Bonchev–Trinajstić information content (AvgIpc) is 2.47. The maximum absolute atomic E-state index is 12.5. The molecule has 1 aromatic carbocycles. The van der Waals surface area contributed by atoms with Crippen LogP contribution in [0.25, 0.3) is 0 Å². The summed E-state index contributed by atoms with van der Waals surface area (Å²) in [4.78, 5) is 15.8. The fourth-order valence-electron chi connectivity index (χ4n) is 1.55. The number of aromatic nitrogens is 1. The van der Waals surface area contributed by atoms with E-state index in [9.17, 15) is 9.00 Å². The Morgan fingerprint density at radius 3 is 2.42 bits per heavy atom. The van der Waals surface area contributed by atoms with Crippen molar-refractivity contribution in [1.29, 1.82) is 4.78 Å². The summed E-state index contributed by atoms with van der Waals surface area (Å²) in [5.74, 6) is -0.468. The molecule has 6 heteroatoms. The van der Waals surface area contributed by atoms with Gasteiger partial charge >= 0.3 is 5.97 Å². The molecule has 2 aromatic rings. The van der Waals surface area contributed by atoms with E-state index >= 15 is 0 Å². The molecular formula is C13H12N2O3S. The van der Waals surface area contributed by atoms with Crippen LogP contribution < -0.4 is 0 Å². The number of nitrogens with one attached hydrogen (secondary N) is 1. The number of methoxy groups -OCH3 is 1. The topological polar surface area (TPSA) is 80.1 Å². The van der Waals surface area contributed by atoms with Gasteiger partial charge in [0, 0.05) is 12.4 Å². The van der Waals surface area contributed by atoms with Crippen LogP contribution in [0.3, 0.4) is 0 Å². The summed E-state index contributed by atoms with van der Waals surface area (Å²) >= 11 is 0. The average molecular weight is 276 g/mol.